The van der Waals surface area contributed by atoms with Crippen LogP contribution in [-0.2, 0) is 4.79 Å². The van der Waals surface area contributed by atoms with Crippen molar-refractivity contribution in [2.24, 2.45) is 0 Å². The van der Waals surface area contributed by atoms with Crippen molar-refractivity contribution in [2.45, 2.75) is 24.8 Å². The molecule has 1 aliphatic carbocycles. The zero-order chi connectivity index (χ0) is 15.2. The lowest BCUT2D eigenvalue weighted by Crippen LogP contribution is -2.59. The first kappa shape index (κ1) is 14.0. The van der Waals surface area contributed by atoms with E-state index in [0.717, 1.165) is 6.42 Å². The summed E-state index contributed by atoms with van der Waals surface area (Å²) in [6.07, 6.45) is 1.72. The SMILES string of the molecule is CN(C(=O)c1cc(Cl)c2c(c1)OCO2)C1(C(=O)O)CCC1. The number of carbonyl (C=O) groups excluding carboxylic acids is 1. The molecule has 1 fully saturated rings. The minimum Gasteiger partial charge on any atom is -0.479 e. The maximum atomic E-state index is 12.5. The third-order valence-corrected chi connectivity index (χ3v) is 4.48. The highest BCUT2D eigenvalue weighted by Gasteiger charge is 2.50. The molecule has 0 atom stereocenters. The van der Waals surface area contributed by atoms with Gasteiger partial charge in [0.2, 0.25) is 6.79 Å². The third-order valence-electron chi connectivity index (χ3n) is 4.20. The van der Waals surface area contributed by atoms with E-state index in [-0.39, 0.29) is 11.8 Å². The molecule has 0 unspecified atom stereocenters. The Bertz CT molecular complexity index is 626. The predicted octanol–water partition coefficient (Wildman–Crippen LogP) is 2.15. The molecule has 1 aromatic carbocycles. The molecule has 21 heavy (non-hydrogen) atoms. The van der Waals surface area contributed by atoms with Crippen LogP contribution in [0.2, 0.25) is 5.02 Å². The number of aliphatic carboxylic acids is 1. The van der Waals surface area contributed by atoms with Gasteiger partial charge >= 0.3 is 5.97 Å². The van der Waals surface area contributed by atoms with Crippen molar-refractivity contribution in [1.29, 1.82) is 0 Å². The summed E-state index contributed by atoms with van der Waals surface area (Å²) in [4.78, 5) is 25.3. The third kappa shape index (κ3) is 2.01. The maximum Gasteiger partial charge on any atom is 0.329 e. The lowest BCUT2D eigenvalue weighted by Gasteiger charge is -2.44. The highest BCUT2D eigenvalue weighted by atomic mass is 35.5. The number of hydrogen-bond acceptors (Lipinski definition) is 4. The van der Waals surface area contributed by atoms with Crippen molar-refractivity contribution in [1.82, 2.24) is 4.90 Å². The molecule has 7 heteroatoms. The molecule has 1 saturated carbocycles. The Balaban J connectivity index is 1.92. The molecule has 1 amide bonds. The van der Waals surface area contributed by atoms with Gasteiger partial charge in [-0.25, -0.2) is 4.79 Å². The van der Waals surface area contributed by atoms with Crippen LogP contribution in [0.3, 0.4) is 0 Å². The van der Waals surface area contributed by atoms with Gasteiger partial charge in [0, 0.05) is 12.6 Å². The smallest absolute Gasteiger partial charge is 0.329 e. The van der Waals surface area contributed by atoms with Crippen LogP contribution in [0, 0.1) is 0 Å². The second-order valence-corrected chi connectivity index (χ2v) is 5.65. The zero-order valence-corrected chi connectivity index (χ0v) is 12.1. The molecule has 1 aromatic rings. The fourth-order valence-corrected chi connectivity index (χ4v) is 2.95. The zero-order valence-electron chi connectivity index (χ0n) is 11.4. The Morgan fingerprint density at radius 2 is 2.05 bits per heavy atom. The highest BCUT2D eigenvalue weighted by molar-refractivity contribution is 6.32. The van der Waals surface area contributed by atoms with Crippen molar-refractivity contribution >= 4 is 23.5 Å². The molecule has 1 aliphatic heterocycles. The monoisotopic (exact) mass is 311 g/mol. The van der Waals surface area contributed by atoms with E-state index < -0.39 is 17.4 Å². The number of rotatable bonds is 3. The highest BCUT2D eigenvalue weighted by Crippen LogP contribution is 2.42. The van der Waals surface area contributed by atoms with E-state index in [1.54, 1.807) is 0 Å². The van der Waals surface area contributed by atoms with E-state index in [9.17, 15) is 14.7 Å². The number of likely N-dealkylation sites (N-methyl/N-ethyl adjacent to an activating group) is 1. The van der Waals surface area contributed by atoms with Gasteiger partial charge in [0.15, 0.2) is 11.5 Å². The Morgan fingerprint density at radius 1 is 1.33 bits per heavy atom. The van der Waals surface area contributed by atoms with Crippen molar-refractivity contribution in [3.8, 4) is 11.5 Å². The number of benzene rings is 1. The van der Waals surface area contributed by atoms with Gasteiger partial charge in [-0.1, -0.05) is 11.6 Å². The number of halogens is 1. The van der Waals surface area contributed by atoms with E-state index >= 15 is 0 Å². The topological polar surface area (TPSA) is 76.1 Å². The number of hydrogen-bond donors (Lipinski definition) is 1. The summed E-state index contributed by atoms with van der Waals surface area (Å²) in [5.74, 6) is -0.557. The molecule has 6 nitrogen and oxygen atoms in total. The molecule has 1 N–H and O–H groups in total. The average molecular weight is 312 g/mol. The summed E-state index contributed by atoms with van der Waals surface area (Å²) in [6, 6.07) is 3.00. The summed E-state index contributed by atoms with van der Waals surface area (Å²) in [7, 11) is 1.51. The number of carboxylic acid groups (broad SMARTS) is 1. The second kappa shape index (κ2) is 4.80. The van der Waals surface area contributed by atoms with Crippen molar-refractivity contribution in [3.63, 3.8) is 0 Å². The van der Waals surface area contributed by atoms with Crippen molar-refractivity contribution in [3.05, 3.63) is 22.7 Å². The second-order valence-electron chi connectivity index (χ2n) is 5.25. The van der Waals surface area contributed by atoms with Gasteiger partial charge in [-0.15, -0.1) is 0 Å². The Kier molecular flexibility index (Phi) is 3.20. The minimum atomic E-state index is -1.11. The predicted molar refractivity (Wildman–Crippen MR) is 73.9 cm³/mol. The molecule has 3 rings (SSSR count). The molecule has 112 valence electrons. The molecular formula is C14H14ClNO5. The molecule has 0 radical (unpaired) electrons. The minimum absolute atomic E-state index is 0.0571. The Morgan fingerprint density at radius 3 is 2.62 bits per heavy atom. The van der Waals surface area contributed by atoms with Gasteiger partial charge in [0.05, 0.1) is 5.02 Å². The van der Waals surface area contributed by atoms with Gasteiger partial charge in [-0.05, 0) is 31.4 Å². The molecule has 1 heterocycles. The maximum absolute atomic E-state index is 12.5. The number of nitrogens with zero attached hydrogens (tertiary/aromatic N) is 1. The van der Waals surface area contributed by atoms with Crippen LogP contribution in [-0.4, -0.2) is 41.3 Å². The van der Waals surface area contributed by atoms with Crippen LogP contribution in [0.25, 0.3) is 0 Å². The molecular weight excluding hydrogens is 298 g/mol. The first-order chi connectivity index (χ1) is 9.95. The summed E-state index contributed by atoms with van der Waals surface area (Å²) in [5, 5.41) is 9.67. The number of ether oxygens (including phenoxy) is 2. The van der Waals surface area contributed by atoms with Gasteiger partial charge in [-0.3, -0.25) is 4.79 Å². The van der Waals surface area contributed by atoms with Crippen molar-refractivity contribution < 1.29 is 24.2 Å². The Hall–Kier alpha value is -1.95. The van der Waals surface area contributed by atoms with Crippen LogP contribution in [0.1, 0.15) is 29.6 Å². The first-order valence-corrected chi connectivity index (χ1v) is 6.94. The first-order valence-electron chi connectivity index (χ1n) is 6.56. The molecule has 0 saturated heterocycles. The van der Waals surface area contributed by atoms with Gasteiger partial charge in [0.1, 0.15) is 5.54 Å². The average Bonchev–Trinajstić information content (AvgIpc) is 2.84. The van der Waals surface area contributed by atoms with Crippen LogP contribution in [0.4, 0.5) is 0 Å². The van der Waals surface area contributed by atoms with E-state index in [2.05, 4.69) is 0 Å². The quantitative estimate of drug-likeness (QED) is 0.925. The number of carbonyl (C=O) groups is 2. The Labute approximate surface area is 126 Å². The van der Waals surface area contributed by atoms with E-state index in [1.807, 2.05) is 0 Å². The van der Waals surface area contributed by atoms with E-state index in [4.69, 9.17) is 21.1 Å². The fourth-order valence-electron chi connectivity index (χ4n) is 2.68. The summed E-state index contributed by atoms with van der Waals surface area (Å²) >= 11 is 6.06. The van der Waals surface area contributed by atoms with Crippen LogP contribution < -0.4 is 9.47 Å². The molecule has 0 spiro atoms. The van der Waals surface area contributed by atoms with Crippen molar-refractivity contribution in [2.75, 3.05) is 13.8 Å². The summed E-state index contributed by atoms with van der Waals surface area (Å²) in [5.41, 5.74) is -0.820. The standard InChI is InChI=1S/C14H14ClNO5/c1-16(14(13(18)19)3-2-4-14)12(17)8-5-9(15)11-10(6-8)20-7-21-11/h5-6H,2-4,7H2,1H3,(H,18,19). The molecule has 0 aromatic heterocycles. The van der Waals surface area contributed by atoms with E-state index in [1.165, 1.54) is 24.1 Å². The lowest BCUT2D eigenvalue weighted by atomic mass is 9.75. The number of amides is 1. The van der Waals surface area contributed by atoms with Gasteiger partial charge in [0.25, 0.3) is 5.91 Å². The van der Waals surface area contributed by atoms with Gasteiger partial charge in [-0.2, -0.15) is 0 Å². The number of fused-ring (bicyclic) bond motifs is 1. The summed E-state index contributed by atoms with van der Waals surface area (Å²) in [6.45, 7) is 0.0571. The van der Waals surface area contributed by atoms with Gasteiger partial charge < -0.3 is 19.5 Å². The summed E-state index contributed by atoms with van der Waals surface area (Å²) < 4.78 is 10.4. The van der Waals surface area contributed by atoms with Crippen LogP contribution >= 0.6 is 11.6 Å². The molecule has 2 aliphatic rings. The normalized spacial score (nSPS) is 18.0. The lowest BCUT2D eigenvalue weighted by molar-refractivity contribution is -0.154. The van der Waals surface area contributed by atoms with Crippen LogP contribution in [0.5, 0.6) is 11.5 Å². The number of carboxylic acids is 1. The van der Waals surface area contributed by atoms with Crippen LogP contribution in [0.15, 0.2) is 12.1 Å². The largest absolute Gasteiger partial charge is 0.479 e. The fraction of sp³-hybridized carbons (Fsp3) is 0.429. The van der Waals surface area contributed by atoms with E-state index in [0.29, 0.717) is 29.9 Å². The molecule has 0 bridgehead atoms.